The van der Waals surface area contributed by atoms with E-state index < -0.39 is 5.97 Å². The number of aromatic nitrogens is 2. The number of carbonyl (C=O) groups excluding carboxylic acids is 1. The standard InChI is InChI=1S/C18H23N3O4/c1-3-25-18(23)15-13-19-16(14-7-5-4-6-8-14)20-17(15)21(9-11-22)10-12-24-2/h4-8,13,22H,3,9-12H2,1-2H3. The quantitative estimate of drug-likeness (QED) is 0.693. The molecule has 0 radical (unpaired) electrons. The number of nitrogens with zero attached hydrogens (tertiary/aromatic N) is 3. The Balaban J connectivity index is 2.47. The van der Waals surface area contributed by atoms with Crippen molar-refractivity contribution in [3.63, 3.8) is 0 Å². The molecule has 0 aliphatic heterocycles. The maximum atomic E-state index is 12.3. The zero-order valence-corrected chi connectivity index (χ0v) is 14.5. The Morgan fingerprint density at radius 2 is 2.00 bits per heavy atom. The van der Waals surface area contributed by atoms with Crippen molar-refractivity contribution in [1.82, 2.24) is 9.97 Å². The molecule has 0 saturated carbocycles. The summed E-state index contributed by atoms with van der Waals surface area (Å²) in [6, 6.07) is 9.50. The molecule has 0 fully saturated rings. The van der Waals surface area contributed by atoms with Gasteiger partial charge >= 0.3 is 5.97 Å². The van der Waals surface area contributed by atoms with Crippen molar-refractivity contribution in [2.75, 3.05) is 44.9 Å². The molecule has 0 saturated heterocycles. The molecule has 134 valence electrons. The minimum absolute atomic E-state index is 0.0728. The van der Waals surface area contributed by atoms with Crippen molar-refractivity contribution in [2.45, 2.75) is 6.92 Å². The van der Waals surface area contributed by atoms with Gasteiger partial charge in [0.2, 0.25) is 0 Å². The van der Waals surface area contributed by atoms with E-state index in [2.05, 4.69) is 9.97 Å². The van der Waals surface area contributed by atoms with E-state index in [9.17, 15) is 9.90 Å². The fraction of sp³-hybridized carbons (Fsp3) is 0.389. The van der Waals surface area contributed by atoms with E-state index >= 15 is 0 Å². The van der Waals surface area contributed by atoms with E-state index in [-0.39, 0.29) is 18.8 Å². The van der Waals surface area contributed by atoms with Gasteiger partial charge in [0.1, 0.15) is 11.4 Å². The molecule has 0 bridgehead atoms. The number of benzene rings is 1. The first kappa shape index (κ1) is 18.8. The summed E-state index contributed by atoms with van der Waals surface area (Å²) in [4.78, 5) is 22.9. The summed E-state index contributed by atoms with van der Waals surface area (Å²) in [7, 11) is 1.60. The third kappa shape index (κ3) is 4.98. The molecule has 7 heteroatoms. The Morgan fingerprint density at radius 3 is 2.64 bits per heavy atom. The Morgan fingerprint density at radius 1 is 1.24 bits per heavy atom. The Kier molecular flexibility index (Phi) is 7.31. The molecule has 0 aliphatic carbocycles. The monoisotopic (exact) mass is 345 g/mol. The molecule has 0 atom stereocenters. The maximum Gasteiger partial charge on any atom is 0.343 e. The van der Waals surface area contributed by atoms with Crippen LogP contribution >= 0.6 is 0 Å². The number of methoxy groups -OCH3 is 1. The second kappa shape index (κ2) is 9.71. The average Bonchev–Trinajstić information content (AvgIpc) is 2.65. The molecule has 2 rings (SSSR count). The zero-order valence-electron chi connectivity index (χ0n) is 14.5. The highest BCUT2D eigenvalue weighted by Gasteiger charge is 2.21. The van der Waals surface area contributed by atoms with Gasteiger partial charge in [-0.2, -0.15) is 0 Å². The largest absolute Gasteiger partial charge is 0.462 e. The number of aliphatic hydroxyl groups excluding tert-OH is 1. The molecule has 0 aliphatic rings. The van der Waals surface area contributed by atoms with Crippen molar-refractivity contribution < 1.29 is 19.4 Å². The number of anilines is 1. The number of hydrogen-bond donors (Lipinski definition) is 1. The van der Waals surface area contributed by atoms with Crippen LogP contribution in [0, 0.1) is 0 Å². The highest BCUT2D eigenvalue weighted by molar-refractivity contribution is 5.94. The minimum Gasteiger partial charge on any atom is -0.462 e. The van der Waals surface area contributed by atoms with E-state index in [0.29, 0.717) is 31.3 Å². The van der Waals surface area contributed by atoms with Crippen LogP contribution in [0.2, 0.25) is 0 Å². The summed E-state index contributed by atoms with van der Waals surface area (Å²) in [6.45, 7) is 3.17. The number of aliphatic hydroxyl groups is 1. The summed E-state index contributed by atoms with van der Waals surface area (Å²) in [6.07, 6.45) is 1.47. The first-order valence-corrected chi connectivity index (χ1v) is 8.15. The first-order valence-electron chi connectivity index (χ1n) is 8.15. The van der Waals surface area contributed by atoms with Crippen LogP contribution < -0.4 is 4.90 Å². The van der Waals surface area contributed by atoms with Crippen molar-refractivity contribution in [3.8, 4) is 11.4 Å². The zero-order chi connectivity index (χ0) is 18.1. The van der Waals surface area contributed by atoms with Crippen molar-refractivity contribution in [2.24, 2.45) is 0 Å². The molecule has 0 spiro atoms. The third-order valence-electron chi connectivity index (χ3n) is 3.53. The van der Waals surface area contributed by atoms with E-state index in [1.165, 1.54) is 6.20 Å². The van der Waals surface area contributed by atoms with Crippen LogP contribution in [0.15, 0.2) is 36.5 Å². The lowest BCUT2D eigenvalue weighted by molar-refractivity contribution is 0.0526. The van der Waals surface area contributed by atoms with E-state index in [0.717, 1.165) is 5.56 Å². The van der Waals surface area contributed by atoms with Gasteiger partial charge < -0.3 is 19.5 Å². The predicted octanol–water partition coefficient (Wildman–Crippen LogP) is 1.77. The summed E-state index contributed by atoms with van der Waals surface area (Å²) in [5.41, 5.74) is 1.11. The fourth-order valence-corrected chi connectivity index (χ4v) is 2.34. The SMILES string of the molecule is CCOC(=O)c1cnc(-c2ccccc2)nc1N(CCO)CCOC. The van der Waals surface area contributed by atoms with E-state index in [1.54, 1.807) is 18.9 Å². The normalized spacial score (nSPS) is 10.5. The number of esters is 1. The summed E-state index contributed by atoms with van der Waals surface area (Å²) in [5, 5.41) is 9.37. The smallest absolute Gasteiger partial charge is 0.343 e. The number of ether oxygens (including phenoxy) is 2. The van der Waals surface area contributed by atoms with Crippen LogP contribution in [0.3, 0.4) is 0 Å². The topological polar surface area (TPSA) is 84.8 Å². The van der Waals surface area contributed by atoms with Gasteiger partial charge in [0.15, 0.2) is 5.82 Å². The van der Waals surface area contributed by atoms with Crippen LogP contribution in [0.5, 0.6) is 0 Å². The Labute approximate surface area is 147 Å². The number of carbonyl (C=O) groups is 1. The molecule has 25 heavy (non-hydrogen) atoms. The van der Waals surface area contributed by atoms with Crippen LogP contribution in [-0.4, -0.2) is 61.1 Å². The van der Waals surface area contributed by atoms with Crippen LogP contribution in [0.4, 0.5) is 5.82 Å². The highest BCUT2D eigenvalue weighted by Crippen LogP contribution is 2.23. The molecule has 1 heterocycles. The molecule has 1 aromatic heterocycles. The number of hydrogen-bond acceptors (Lipinski definition) is 7. The second-order valence-electron chi connectivity index (χ2n) is 5.22. The van der Waals surface area contributed by atoms with Crippen LogP contribution in [0.1, 0.15) is 17.3 Å². The van der Waals surface area contributed by atoms with Crippen molar-refractivity contribution >= 4 is 11.8 Å². The van der Waals surface area contributed by atoms with Gasteiger partial charge in [-0.15, -0.1) is 0 Å². The van der Waals surface area contributed by atoms with Gasteiger partial charge in [-0.3, -0.25) is 0 Å². The molecule has 0 amide bonds. The van der Waals surface area contributed by atoms with Crippen molar-refractivity contribution in [3.05, 3.63) is 42.1 Å². The van der Waals surface area contributed by atoms with Crippen LogP contribution in [-0.2, 0) is 9.47 Å². The average molecular weight is 345 g/mol. The van der Waals surface area contributed by atoms with E-state index in [4.69, 9.17) is 9.47 Å². The van der Waals surface area contributed by atoms with Crippen LogP contribution in [0.25, 0.3) is 11.4 Å². The minimum atomic E-state index is -0.488. The lowest BCUT2D eigenvalue weighted by Crippen LogP contribution is -2.33. The van der Waals surface area contributed by atoms with Gasteiger partial charge in [-0.25, -0.2) is 14.8 Å². The van der Waals surface area contributed by atoms with Gasteiger partial charge in [-0.05, 0) is 6.92 Å². The lowest BCUT2D eigenvalue weighted by Gasteiger charge is -2.24. The maximum absolute atomic E-state index is 12.3. The highest BCUT2D eigenvalue weighted by atomic mass is 16.5. The molecular formula is C18H23N3O4. The molecule has 2 aromatic rings. The lowest BCUT2D eigenvalue weighted by atomic mass is 10.2. The molecule has 7 nitrogen and oxygen atoms in total. The summed E-state index contributed by atoms with van der Waals surface area (Å²) >= 11 is 0. The predicted molar refractivity (Wildman–Crippen MR) is 94.6 cm³/mol. The van der Waals surface area contributed by atoms with Crippen molar-refractivity contribution in [1.29, 1.82) is 0 Å². The first-order chi connectivity index (χ1) is 12.2. The molecule has 1 N–H and O–H groups in total. The Hall–Kier alpha value is -2.51. The van der Waals surface area contributed by atoms with E-state index in [1.807, 2.05) is 30.3 Å². The van der Waals surface area contributed by atoms with Gasteiger partial charge in [0.25, 0.3) is 0 Å². The summed E-state index contributed by atoms with van der Waals surface area (Å²) in [5.74, 6) is 0.444. The fourth-order valence-electron chi connectivity index (χ4n) is 2.34. The Bertz CT molecular complexity index is 679. The van der Waals surface area contributed by atoms with Gasteiger partial charge in [0, 0.05) is 32.0 Å². The second-order valence-corrected chi connectivity index (χ2v) is 5.22. The number of rotatable bonds is 9. The third-order valence-corrected chi connectivity index (χ3v) is 3.53. The van der Waals surface area contributed by atoms with Gasteiger partial charge in [0.05, 0.1) is 19.8 Å². The molecule has 0 unspecified atom stereocenters. The molecule has 1 aromatic carbocycles. The van der Waals surface area contributed by atoms with Gasteiger partial charge in [-0.1, -0.05) is 30.3 Å². The molecular weight excluding hydrogens is 322 g/mol. The summed E-state index contributed by atoms with van der Waals surface area (Å²) < 4.78 is 10.2.